The molecule has 1 fully saturated rings. The first kappa shape index (κ1) is 10.8. The van der Waals surface area contributed by atoms with Gasteiger partial charge in [0.05, 0.1) is 5.92 Å². The van der Waals surface area contributed by atoms with Gasteiger partial charge in [-0.1, -0.05) is 6.07 Å². The summed E-state index contributed by atoms with van der Waals surface area (Å²) in [5.74, 6) is 0.693. The van der Waals surface area contributed by atoms with Crippen LogP contribution >= 0.6 is 0 Å². The highest BCUT2D eigenvalue weighted by molar-refractivity contribution is 5.97. The molecule has 1 aromatic rings. The molecule has 2 aliphatic heterocycles. The maximum Gasteiger partial charge on any atom is 0.229 e. The topological polar surface area (TPSA) is 41.1 Å². The third kappa shape index (κ3) is 1.65. The molecule has 2 heterocycles. The molecule has 2 aliphatic rings. The number of hydrogen-bond acceptors (Lipinski definition) is 2. The van der Waals surface area contributed by atoms with Gasteiger partial charge in [0.1, 0.15) is 0 Å². The first-order chi connectivity index (χ1) is 8.16. The van der Waals surface area contributed by atoms with Gasteiger partial charge in [0, 0.05) is 18.2 Å². The smallest absolute Gasteiger partial charge is 0.229 e. The van der Waals surface area contributed by atoms with Crippen molar-refractivity contribution in [1.82, 2.24) is 5.32 Å². The van der Waals surface area contributed by atoms with Crippen LogP contribution in [0.1, 0.15) is 29.0 Å². The number of anilines is 1. The van der Waals surface area contributed by atoms with Crippen LogP contribution in [-0.2, 0) is 4.79 Å². The monoisotopic (exact) mass is 230 g/mol. The molecule has 2 N–H and O–H groups in total. The van der Waals surface area contributed by atoms with Crippen molar-refractivity contribution in [2.75, 3.05) is 18.4 Å². The second-order valence-electron chi connectivity index (χ2n) is 5.24. The Bertz CT molecular complexity index is 481. The lowest BCUT2D eigenvalue weighted by Crippen LogP contribution is -2.45. The maximum absolute atomic E-state index is 12.1. The number of nitrogens with one attached hydrogen (secondary N) is 2. The van der Waals surface area contributed by atoms with Crippen molar-refractivity contribution < 1.29 is 4.79 Å². The molecule has 3 nitrogen and oxygen atoms in total. The fraction of sp³-hybridized carbons (Fsp3) is 0.500. The number of carbonyl (C=O) groups excluding carboxylic acids is 1. The molecule has 1 amide bonds. The van der Waals surface area contributed by atoms with Gasteiger partial charge in [-0.25, -0.2) is 0 Å². The number of amides is 1. The van der Waals surface area contributed by atoms with Crippen LogP contribution < -0.4 is 10.6 Å². The van der Waals surface area contributed by atoms with Crippen LogP contribution in [-0.4, -0.2) is 19.0 Å². The molecular weight excluding hydrogens is 212 g/mol. The highest BCUT2D eigenvalue weighted by atomic mass is 16.2. The highest BCUT2D eigenvalue weighted by Crippen LogP contribution is 2.41. The summed E-state index contributed by atoms with van der Waals surface area (Å²) in [5.41, 5.74) is 4.93. The second kappa shape index (κ2) is 3.84. The Balaban J connectivity index is 2.13. The van der Waals surface area contributed by atoms with Crippen molar-refractivity contribution in [1.29, 1.82) is 0 Å². The summed E-state index contributed by atoms with van der Waals surface area (Å²) in [6, 6.07) is 4.31. The van der Waals surface area contributed by atoms with E-state index in [0.717, 1.165) is 25.2 Å². The van der Waals surface area contributed by atoms with Gasteiger partial charge in [-0.3, -0.25) is 4.79 Å². The van der Waals surface area contributed by atoms with Crippen molar-refractivity contribution in [2.45, 2.75) is 26.2 Å². The van der Waals surface area contributed by atoms with Gasteiger partial charge in [0.25, 0.3) is 0 Å². The summed E-state index contributed by atoms with van der Waals surface area (Å²) in [7, 11) is 0. The van der Waals surface area contributed by atoms with Crippen LogP contribution in [0, 0.1) is 19.8 Å². The van der Waals surface area contributed by atoms with E-state index < -0.39 is 0 Å². The molecule has 17 heavy (non-hydrogen) atoms. The predicted octanol–water partition coefficient (Wildman–Crippen LogP) is 1.95. The van der Waals surface area contributed by atoms with Gasteiger partial charge >= 0.3 is 0 Å². The average molecular weight is 230 g/mol. The number of aryl methyl sites for hydroxylation is 2. The van der Waals surface area contributed by atoms with Crippen molar-refractivity contribution in [3.05, 3.63) is 28.8 Å². The van der Waals surface area contributed by atoms with E-state index >= 15 is 0 Å². The molecule has 3 rings (SSSR count). The van der Waals surface area contributed by atoms with E-state index in [1.54, 1.807) is 0 Å². The number of benzene rings is 1. The minimum absolute atomic E-state index is 0.109. The number of rotatable bonds is 0. The fourth-order valence-electron chi connectivity index (χ4n) is 3.28. The van der Waals surface area contributed by atoms with E-state index in [-0.39, 0.29) is 11.8 Å². The van der Waals surface area contributed by atoms with Crippen molar-refractivity contribution in [2.24, 2.45) is 5.92 Å². The van der Waals surface area contributed by atoms with Crippen LogP contribution in [0.4, 0.5) is 5.69 Å². The zero-order chi connectivity index (χ0) is 12.0. The molecule has 0 saturated carbocycles. The van der Waals surface area contributed by atoms with Gasteiger partial charge in [0.15, 0.2) is 0 Å². The van der Waals surface area contributed by atoms with Gasteiger partial charge in [-0.15, -0.1) is 0 Å². The third-order valence-corrected chi connectivity index (χ3v) is 3.98. The lowest BCUT2D eigenvalue weighted by Gasteiger charge is -2.37. The Labute approximate surface area is 102 Å². The zero-order valence-corrected chi connectivity index (χ0v) is 10.3. The Morgan fingerprint density at radius 1 is 1.24 bits per heavy atom. The van der Waals surface area contributed by atoms with Crippen LogP contribution in [0.2, 0.25) is 0 Å². The Morgan fingerprint density at radius 2 is 2.06 bits per heavy atom. The van der Waals surface area contributed by atoms with Crippen LogP contribution in [0.5, 0.6) is 0 Å². The Morgan fingerprint density at radius 3 is 2.88 bits per heavy atom. The Kier molecular flexibility index (Phi) is 2.44. The molecule has 0 aliphatic carbocycles. The zero-order valence-electron chi connectivity index (χ0n) is 10.3. The van der Waals surface area contributed by atoms with Crippen molar-refractivity contribution in [3.8, 4) is 0 Å². The highest BCUT2D eigenvalue weighted by Gasteiger charge is 2.38. The van der Waals surface area contributed by atoms with E-state index in [0.29, 0.717) is 5.92 Å². The lowest BCUT2D eigenvalue weighted by atomic mass is 9.75. The molecule has 0 radical (unpaired) electrons. The fourth-order valence-corrected chi connectivity index (χ4v) is 3.28. The van der Waals surface area contributed by atoms with Crippen LogP contribution in [0.15, 0.2) is 12.1 Å². The van der Waals surface area contributed by atoms with Gasteiger partial charge in [-0.2, -0.15) is 0 Å². The Hall–Kier alpha value is -1.35. The quantitative estimate of drug-likeness (QED) is 0.715. The van der Waals surface area contributed by atoms with E-state index in [1.807, 2.05) is 0 Å². The SMILES string of the molecule is Cc1cc(C)c2c(c1)NC(=O)C1CNCCC21. The van der Waals surface area contributed by atoms with Crippen LogP contribution in [0.25, 0.3) is 0 Å². The first-order valence-corrected chi connectivity index (χ1v) is 6.29. The first-order valence-electron chi connectivity index (χ1n) is 6.29. The molecule has 3 heteroatoms. The van der Waals surface area contributed by atoms with Crippen molar-refractivity contribution >= 4 is 11.6 Å². The van der Waals surface area contributed by atoms with E-state index in [9.17, 15) is 4.79 Å². The summed E-state index contributed by atoms with van der Waals surface area (Å²) in [6.07, 6.45) is 1.06. The number of carbonyl (C=O) groups is 1. The van der Waals surface area contributed by atoms with E-state index in [4.69, 9.17) is 0 Å². The standard InChI is InChI=1S/C14H18N2O/c1-8-5-9(2)13-10-3-4-15-7-11(10)14(17)16-12(13)6-8/h5-6,10-11,15H,3-4,7H2,1-2H3,(H,16,17). The van der Waals surface area contributed by atoms with Gasteiger partial charge in [-0.05, 0) is 49.6 Å². The number of fused-ring (bicyclic) bond motifs is 3. The lowest BCUT2D eigenvalue weighted by molar-refractivity contribution is -0.121. The molecule has 1 saturated heterocycles. The second-order valence-corrected chi connectivity index (χ2v) is 5.24. The summed E-state index contributed by atoms with van der Waals surface area (Å²) in [4.78, 5) is 12.1. The summed E-state index contributed by atoms with van der Waals surface area (Å²) in [5, 5.41) is 6.38. The predicted molar refractivity (Wildman–Crippen MR) is 68.3 cm³/mol. The average Bonchev–Trinajstić information content (AvgIpc) is 2.28. The molecule has 0 aromatic heterocycles. The molecular formula is C14H18N2O. The molecule has 1 aromatic carbocycles. The maximum atomic E-state index is 12.1. The number of hydrogen-bond donors (Lipinski definition) is 2. The minimum atomic E-state index is 0.109. The normalized spacial score (nSPS) is 27.1. The van der Waals surface area contributed by atoms with Crippen molar-refractivity contribution in [3.63, 3.8) is 0 Å². The molecule has 2 unspecified atom stereocenters. The molecule has 0 bridgehead atoms. The largest absolute Gasteiger partial charge is 0.326 e. The molecule has 0 spiro atoms. The minimum Gasteiger partial charge on any atom is -0.326 e. The van der Waals surface area contributed by atoms with Crippen LogP contribution in [0.3, 0.4) is 0 Å². The van der Waals surface area contributed by atoms with Gasteiger partial charge in [0.2, 0.25) is 5.91 Å². The molecule has 2 atom stereocenters. The summed E-state index contributed by atoms with van der Waals surface area (Å²) in [6.45, 7) is 6.06. The van der Waals surface area contributed by atoms with Gasteiger partial charge < -0.3 is 10.6 Å². The molecule has 90 valence electrons. The third-order valence-electron chi connectivity index (χ3n) is 3.98. The van der Waals surface area contributed by atoms with E-state index in [2.05, 4.69) is 36.6 Å². The number of piperidine rings is 1. The summed E-state index contributed by atoms with van der Waals surface area (Å²) < 4.78 is 0. The van der Waals surface area contributed by atoms with E-state index in [1.165, 1.54) is 16.7 Å². The summed E-state index contributed by atoms with van der Waals surface area (Å²) >= 11 is 0.